The number of alkyl halides is 1. The number of carbonyl (C=O) groups is 3. The Bertz CT molecular complexity index is 1280. The van der Waals surface area contributed by atoms with E-state index in [9.17, 15) is 19.5 Å². The number of nitrogens with zero attached hydrogens (tertiary/aromatic N) is 1. The first-order chi connectivity index (χ1) is 18.6. The Morgan fingerprint density at radius 2 is 1.95 bits per heavy atom. The molecule has 3 N–H and O–H groups in total. The number of rotatable bonds is 8. The van der Waals surface area contributed by atoms with E-state index in [1.807, 2.05) is 19.9 Å². The maximum Gasteiger partial charge on any atom is 0.248 e. The molecule has 11 heteroatoms. The van der Waals surface area contributed by atoms with Crippen LogP contribution in [0.5, 0.6) is 5.75 Å². The Labute approximate surface area is 245 Å². The van der Waals surface area contributed by atoms with Gasteiger partial charge in [-0.1, -0.05) is 39.7 Å². The smallest absolute Gasteiger partial charge is 0.248 e. The fourth-order valence-corrected chi connectivity index (χ4v) is 10.1. The van der Waals surface area contributed by atoms with Crippen molar-refractivity contribution in [3.63, 3.8) is 0 Å². The van der Waals surface area contributed by atoms with E-state index in [0.717, 1.165) is 5.56 Å². The van der Waals surface area contributed by atoms with E-state index in [4.69, 9.17) is 16.3 Å². The van der Waals surface area contributed by atoms with Gasteiger partial charge in [0, 0.05) is 15.8 Å². The van der Waals surface area contributed by atoms with Crippen LogP contribution in [0.4, 0.5) is 11.4 Å². The van der Waals surface area contributed by atoms with Gasteiger partial charge in [-0.2, -0.15) is 0 Å². The predicted molar refractivity (Wildman–Crippen MR) is 157 cm³/mol. The summed E-state index contributed by atoms with van der Waals surface area (Å²) in [6.45, 7) is 5.70. The molecule has 2 aromatic rings. The van der Waals surface area contributed by atoms with Crippen molar-refractivity contribution in [3.05, 3.63) is 53.1 Å². The van der Waals surface area contributed by atoms with Crippen LogP contribution < -0.4 is 15.4 Å². The molecule has 3 aliphatic rings. The number of fused-ring (bicyclic) bond motifs is 1. The molecule has 0 aliphatic carbocycles. The monoisotopic (exact) mass is 635 g/mol. The Balaban J connectivity index is 1.48. The summed E-state index contributed by atoms with van der Waals surface area (Å²) in [5, 5.41) is 16.2. The second-order valence-electron chi connectivity index (χ2n) is 10.3. The number of anilines is 2. The second-order valence-corrected chi connectivity index (χ2v) is 13.4. The van der Waals surface area contributed by atoms with Gasteiger partial charge in [0.05, 0.1) is 46.5 Å². The Kier molecular flexibility index (Phi) is 7.94. The standard InChI is InChI=1S/C28H31BrClN3O5S/c1-4-38-17-10-8-16(9-11-17)31-25(35)20-21-27(37)33(15(3)13-34)24(28(21)12-18(29)23(20)39-28)26(36)32-22-14(2)6-5-7-19(22)30/h5-11,15,18,20-21,23-24,34H,4,12-13H2,1-3H3,(H,31,35)(H,32,36)/t15-,18?,20+,21+,23+,24?,28?/m1/s1. The van der Waals surface area contributed by atoms with E-state index in [2.05, 4.69) is 26.6 Å². The Hall–Kier alpha value is -2.27. The topological polar surface area (TPSA) is 108 Å². The molecule has 0 aromatic heterocycles. The predicted octanol–water partition coefficient (Wildman–Crippen LogP) is 4.47. The zero-order chi connectivity index (χ0) is 28.1. The second kappa shape index (κ2) is 11.0. The summed E-state index contributed by atoms with van der Waals surface area (Å²) >= 11 is 11.7. The maximum atomic E-state index is 14.0. The Morgan fingerprint density at radius 3 is 2.59 bits per heavy atom. The number of carbonyl (C=O) groups excluding carboxylic acids is 3. The highest BCUT2D eigenvalue weighted by Gasteiger charge is 2.76. The minimum atomic E-state index is -0.883. The number of hydrogen-bond donors (Lipinski definition) is 3. The third kappa shape index (κ3) is 4.73. The highest BCUT2D eigenvalue weighted by atomic mass is 79.9. The molecular weight excluding hydrogens is 606 g/mol. The molecule has 3 amide bonds. The number of aliphatic hydroxyl groups is 1. The number of likely N-dealkylation sites (tertiary alicyclic amines) is 1. The lowest BCUT2D eigenvalue weighted by molar-refractivity contribution is -0.140. The number of benzene rings is 2. The molecule has 208 valence electrons. The van der Waals surface area contributed by atoms with Crippen molar-refractivity contribution in [3.8, 4) is 5.75 Å². The van der Waals surface area contributed by atoms with Crippen LogP contribution in [-0.4, -0.2) is 67.8 Å². The maximum absolute atomic E-state index is 14.0. The lowest BCUT2D eigenvalue weighted by Crippen LogP contribution is -2.54. The van der Waals surface area contributed by atoms with Crippen molar-refractivity contribution in [2.24, 2.45) is 11.8 Å². The first kappa shape index (κ1) is 28.3. The van der Waals surface area contributed by atoms with Gasteiger partial charge < -0.3 is 25.4 Å². The fraction of sp³-hybridized carbons (Fsp3) is 0.464. The molecule has 1 spiro atoms. The quantitative estimate of drug-likeness (QED) is 0.369. The molecule has 5 rings (SSSR count). The van der Waals surface area contributed by atoms with Crippen molar-refractivity contribution in [1.29, 1.82) is 0 Å². The molecule has 2 aromatic carbocycles. The zero-order valence-electron chi connectivity index (χ0n) is 21.8. The molecule has 0 saturated carbocycles. The van der Waals surface area contributed by atoms with E-state index in [0.29, 0.717) is 35.2 Å². The summed E-state index contributed by atoms with van der Waals surface area (Å²) < 4.78 is 4.65. The summed E-state index contributed by atoms with van der Waals surface area (Å²) in [5.74, 6) is -1.58. The third-order valence-electron chi connectivity index (χ3n) is 7.92. The van der Waals surface area contributed by atoms with Crippen molar-refractivity contribution >= 4 is 68.4 Å². The van der Waals surface area contributed by atoms with Gasteiger partial charge >= 0.3 is 0 Å². The van der Waals surface area contributed by atoms with Crippen molar-refractivity contribution < 1.29 is 24.2 Å². The van der Waals surface area contributed by atoms with E-state index in [1.165, 1.54) is 16.7 Å². The third-order valence-corrected chi connectivity index (χ3v) is 11.5. The van der Waals surface area contributed by atoms with Crippen LogP contribution in [-0.2, 0) is 14.4 Å². The number of nitrogens with one attached hydrogen (secondary N) is 2. The number of thioether (sulfide) groups is 1. The molecular formula is C28H31BrClN3O5S. The van der Waals surface area contributed by atoms with Crippen molar-refractivity contribution in [2.75, 3.05) is 23.8 Å². The summed E-state index contributed by atoms with van der Waals surface area (Å²) in [6.07, 6.45) is 0.541. The van der Waals surface area contributed by atoms with Crippen LogP contribution in [0.15, 0.2) is 42.5 Å². The van der Waals surface area contributed by atoms with E-state index in [1.54, 1.807) is 43.3 Å². The number of hydrogen-bond acceptors (Lipinski definition) is 6. The number of ether oxygens (including phenoxy) is 1. The normalized spacial score (nSPS) is 29.7. The lowest BCUT2D eigenvalue weighted by atomic mass is 9.70. The van der Waals surface area contributed by atoms with E-state index in [-0.39, 0.29) is 34.4 Å². The first-order valence-electron chi connectivity index (χ1n) is 13.0. The lowest BCUT2D eigenvalue weighted by Gasteiger charge is -2.36. The van der Waals surface area contributed by atoms with Gasteiger partial charge in [-0.25, -0.2) is 0 Å². The van der Waals surface area contributed by atoms with Gasteiger partial charge in [0.2, 0.25) is 17.7 Å². The average Bonchev–Trinajstić information content (AvgIpc) is 3.50. The van der Waals surface area contributed by atoms with Gasteiger partial charge in [0.15, 0.2) is 0 Å². The average molecular weight is 637 g/mol. The number of aliphatic hydroxyl groups excluding tert-OH is 1. The molecule has 39 heavy (non-hydrogen) atoms. The van der Waals surface area contributed by atoms with Crippen molar-refractivity contribution in [1.82, 2.24) is 4.90 Å². The molecule has 3 aliphatic heterocycles. The highest BCUT2D eigenvalue weighted by molar-refractivity contribution is 9.09. The molecule has 3 unspecified atom stereocenters. The zero-order valence-corrected chi connectivity index (χ0v) is 25.0. The number of halogens is 2. The van der Waals surface area contributed by atoms with Gasteiger partial charge in [-0.15, -0.1) is 11.8 Å². The summed E-state index contributed by atoms with van der Waals surface area (Å²) in [4.78, 5) is 43.2. The van der Waals surface area contributed by atoms with Gasteiger partial charge in [0.1, 0.15) is 11.8 Å². The number of amides is 3. The largest absolute Gasteiger partial charge is 0.494 e. The molecule has 3 fully saturated rings. The number of para-hydroxylation sites is 1. The van der Waals surface area contributed by atoms with E-state index >= 15 is 0 Å². The minimum Gasteiger partial charge on any atom is -0.494 e. The molecule has 0 radical (unpaired) electrons. The SMILES string of the molecule is CCOc1ccc(NC(=O)[C@H]2[C@H]3C(=O)N([C@H](C)CO)C(C(=O)Nc4c(C)cccc4Cl)C34CC(Br)[C@@H]2S4)cc1. The minimum absolute atomic E-state index is 0.0654. The van der Waals surface area contributed by atoms with Crippen LogP contribution in [0.3, 0.4) is 0 Å². The molecule has 2 bridgehead atoms. The molecule has 3 saturated heterocycles. The van der Waals surface area contributed by atoms with Crippen LogP contribution in [0.25, 0.3) is 0 Å². The van der Waals surface area contributed by atoms with Crippen LogP contribution >= 0.6 is 39.3 Å². The van der Waals surface area contributed by atoms with Crippen LogP contribution in [0.2, 0.25) is 5.02 Å². The highest BCUT2D eigenvalue weighted by Crippen LogP contribution is 2.68. The Morgan fingerprint density at radius 1 is 1.23 bits per heavy atom. The van der Waals surface area contributed by atoms with Gasteiger partial charge in [-0.05, 0) is 63.1 Å². The van der Waals surface area contributed by atoms with Crippen LogP contribution in [0, 0.1) is 18.8 Å². The van der Waals surface area contributed by atoms with E-state index < -0.39 is 28.7 Å². The summed E-state index contributed by atoms with van der Waals surface area (Å²) in [6, 6.07) is 11.0. The van der Waals surface area contributed by atoms with Gasteiger partial charge in [-0.3, -0.25) is 14.4 Å². The molecule has 3 heterocycles. The van der Waals surface area contributed by atoms with Crippen molar-refractivity contribution in [2.45, 2.75) is 54.1 Å². The molecule has 8 nitrogen and oxygen atoms in total. The molecule has 7 atom stereocenters. The van der Waals surface area contributed by atoms with Crippen LogP contribution in [0.1, 0.15) is 25.8 Å². The fourth-order valence-electron chi connectivity index (χ4n) is 6.24. The summed E-state index contributed by atoms with van der Waals surface area (Å²) in [5.41, 5.74) is 1.89. The summed E-state index contributed by atoms with van der Waals surface area (Å²) in [7, 11) is 0. The van der Waals surface area contributed by atoms with Gasteiger partial charge in [0.25, 0.3) is 0 Å². The first-order valence-corrected chi connectivity index (χ1v) is 15.1. The number of aryl methyl sites for hydroxylation is 1.